The maximum absolute atomic E-state index is 13.6. The number of esters is 1. The second kappa shape index (κ2) is 12.0. The molecule has 0 aliphatic heterocycles. The molecule has 0 saturated heterocycles. The summed E-state index contributed by atoms with van der Waals surface area (Å²) in [6.45, 7) is 3.16. The predicted octanol–water partition coefficient (Wildman–Crippen LogP) is 4.68. The number of anilines is 2. The van der Waals surface area contributed by atoms with Crippen LogP contribution in [0.4, 0.5) is 11.4 Å². The van der Waals surface area contributed by atoms with E-state index in [1.165, 1.54) is 56.7 Å². The zero-order valence-electron chi connectivity index (χ0n) is 20.8. The highest BCUT2D eigenvalue weighted by Gasteiger charge is 2.28. The molecule has 9 nitrogen and oxygen atoms in total. The van der Waals surface area contributed by atoms with E-state index in [9.17, 15) is 18.0 Å². The normalized spacial score (nSPS) is 10.9. The van der Waals surface area contributed by atoms with Crippen LogP contribution in [0, 0.1) is 6.92 Å². The van der Waals surface area contributed by atoms with E-state index in [2.05, 4.69) is 5.32 Å². The number of carbonyl (C=O) groups excluding carboxylic acids is 2. The summed E-state index contributed by atoms with van der Waals surface area (Å²) in [5.74, 6) is -0.513. The molecular weight excluding hydrogens is 520 g/mol. The first-order valence-electron chi connectivity index (χ1n) is 11.2. The van der Waals surface area contributed by atoms with Crippen LogP contribution >= 0.6 is 11.6 Å². The first kappa shape index (κ1) is 27.8. The van der Waals surface area contributed by atoms with Crippen molar-refractivity contribution in [2.45, 2.75) is 18.7 Å². The minimum absolute atomic E-state index is 0.0116. The van der Waals surface area contributed by atoms with Gasteiger partial charge in [0.25, 0.3) is 10.0 Å². The average molecular weight is 547 g/mol. The van der Waals surface area contributed by atoms with Crippen LogP contribution in [0.2, 0.25) is 5.02 Å². The molecule has 3 rings (SSSR count). The predicted molar refractivity (Wildman–Crippen MR) is 141 cm³/mol. The SMILES string of the molecule is CCOC(=O)c1ccc(NC(=O)CN(c2ccc(OC)c(OC)c2)S(=O)(=O)c2ccc(C)cc2)c(Cl)c1. The molecule has 0 atom stereocenters. The molecule has 1 N–H and O–H groups in total. The number of methoxy groups -OCH3 is 2. The van der Waals surface area contributed by atoms with Gasteiger partial charge in [-0.15, -0.1) is 0 Å². The monoisotopic (exact) mass is 546 g/mol. The molecule has 0 saturated carbocycles. The summed E-state index contributed by atoms with van der Waals surface area (Å²) in [6, 6.07) is 15.1. The van der Waals surface area contributed by atoms with Gasteiger partial charge in [-0.25, -0.2) is 13.2 Å². The van der Waals surface area contributed by atoms with Gasteiger partial charge in [0.2, 0.25) is 5.91 Å². The lowest BCUT2D eigenvalue weighted by Crippen LogP contribution is -2.38. The Hall–Kier alpha value is -3.76. The Morgan fingerprint density at radius 2 is 1.62 bits per heavy atom. The Kier molecular flexibility index (Phi) is 9.01. The van der Waals surface area contributed by atoms with Gasteiger partial charge in [0.15, 0.2) is 11.5 Å². The van der Waals surface area contributed by atoms with Gasteiger partial charge in [0.05, 0.1) is 47.7 Å². The van der Waals surface area contributed by atoms with E-state index in [1.54, 1.807) is 25.1 Å². The van der Waals surface area contributed by atoms with Gasteiger partial charge < -0.3 is 19.5 Å². The summed E-state index contributed by atoms with van der Waals surface area (Å²) < 4.78 is 43.8. The zero-order chi connectivity index (χ0) is 27.2. The van der Waals surface area contributed by atoms with E-state index >= 15 is 0 Å². The molecule has 11 heteroatoms. The zero-order valence-corrected chi connectivity index (χ0v) is 22.4. The number of aryl methyl sites for hydroxylation is 1. The lowest BCUT2D eigenvalue weighted by atomic mass is 10.2. The summed E-state index contributed by atoms with van der Waals surface area (Å²) in [5.41, 5.74) is 1.51. The van der Waals surface area contributed by atoms with Gasteiger partial charge in [0.1, 0.15) is 6.54 Å². The largest absolute Gasteiger partial charge is 0.493 e. The Bertz CT molecular complexity index is 1390. The second-order valence-corrected chi connectivity index (χ2v) is 10.1. The van der Waals surface area contributed by atoms with Gasteiger partial charge >= 0.3 is 5.97 Å². The Labute approximate surface area is 221 Å². The Morgan fingerprint density at radius 1 is 0.946 bits per heavy atom. The first-order valence-corrected chi connectivity index (χ1v) is 13.0. The van der Waals surface area contributed by atoms with Crippen molar-refractivity contribution in [2.24, 2.45) is 0 Å². The summed E-state index contributed by atoms with van der Waals surface area (Å²) in [6.07, 6.45) is 0. The summed E-state index contributed by atoms with van der Waals surface area (Å²) in [5, 5.41) is 2.70. The quantitative estimate of drug-likeness (QED) is 0.368. The molecule has 196 valence electrons. The van der Waals surface area contributed by atoms with Crippen molar-refractivity contribution in [3.05, 3.63) is 76.8 Å². The molecule has 0 aromatic heterocycles. The number of sulfonamides is 1. The number of amides is 1. The fourth-order valence-corrected chi connectivity index (χ4v) is 5.05. The van der Waals surface area contributed by atoms with Crippen molar-refractivity contribution in [1.82, 2.24) is 0 Å². The third-order valence-corrected chi connectivity index (χ3v) is 7.41. The number of hydrogen-bond donors (Lipinski definition) is 1. The molecule has 0 heterocycles. The van der Waals surface area contributed by atoms with Gasteiger partial charge in [0, 0.05) is 6.07 Å². The van der Waals surface area contributed by atoms with Crippen molar-refractivity contribution in [1.29, 1.82) is 0 Å². The van der Waals surface area contributed by atoms with Crippen molar-refractivity contribution < 1.29 is 32.2 Å². The van der Waals surface area contributed by atoms with Crippen molar-refractivity contribution in [3.8, 4) is 11.5 Å². The minimum atomic E-state index is -4.16. The first-order chi connectivity index (χ1) is 17.6. The van der Waals surface area contributed by atoms with E-state index < -0.39 is 28.4 Å². The summed E-state index contributed by atoms with van der Waals surface area (Å²) in [4.78, 5) is 25.0. The van der Waals surface area contributed by atoms with Crippen molar-refractivity contribution in [3.63, 3.8) is 0 Å². The fraction of sp³-hybridized carbons (Fsp3) is 0.231. The number of halogens is 1. The van der Waals surface area contributed by atoms with Crippen LogP contribution in [0.5, 0.6) is 11.5 Å². The third kappa shape index (κ3) is 6.52. The third-order valence-electron chi connectivity index (χ3n) is 5.31. The van der Waals surface area contributed by atoms with Gasteiger partial charge in [-0.3, -0.25) is 9.10 Å². The average Bonchev–Trinajstić information content (AvgIpc) is 2.88. The van der Waals surface area contributed by atoms with Crippen LogP contribution in [0.25, 0.3) is 0 Å². The van der Waals surface area contributed by atoms with Crippen LogP contribution in [-0.2, 0) is 19.6 Å². The lowest BCUT2D eigenvalue weighted by molar-refractivity contribution is -0.114. The molecule has 37 heavy (non-hydrogen) atoms. The number of rotatable bonds is 10. The van der Waals surface area contributed by atoms with Crippen molar-refractivity contribution >= 4 is 44.9 Å². The minimum Gasteiger partial charge on any atom is -0.493 e. The van der Waals surface area contributed by atoms with Crippen LogP contribution in [0.15, 0.2) is 65.6 Å². The number of ether oxygens (including phenoxy) is 3. The maximum Gasteiger partial charge on any atom is 0.338 e. The molecule has 3 aromatic rings. The number of nitrogens with one attached hydrogen (secondary N) is 1. The number of nitrogens with zero attached hydrogens (tertiary/aromatic N) is 1. The van der Waals surface area contributed by atoms with Gasteiger partial charge in [-0.1, -0.05) is 29.3 Å². The standard InChI is InChI=1S/C26H27ClN2O7S/c1-5-36-26(31)18-8-12-22(21(27)14-18)28-25(30)16-29(19-9-13-23(34-3)24(15-19)35-4)37(32,33)20-10-6-17(2)7-11-20/h6-15H,5,16H2,1-4H3,(H,28,30). The number of benzene rings is 3. The molecule has 0 aliphatic carbocycles. The maximum atomic E-state index is 13.6. The van der Waals surface area contributed by atoms with E-state index in [4.69, 9.17) is 25.8 Å². The summed E-state index contributed by atoms with van der Waals surface area (Å²) >= 11 is 6.26. The van der Waals surface area contributed by atoms with Crippen LogP contribution in [0.3, 0.4) is 0 Å². The number of hydrogen-bond acceptors (Lipinski definition) is 7. The fourth-order valence-electron chi connectivity index (χ4n) is 3.41. The highest BCUT2D eigenvalue weighted by Crippen LogP contribution is 2.34. The van der Waals surface area contributed by atoms with E-state index in [0.29, 0.717) is 11.5 Å². The van der Waals surface area contributed by atoms with Gasteiger partial charge in [-0.05, 0) is 56.3 Å². The lowest BCUT2D eigenvalue weighted by Gasteiger charge is -2.25. The molecular formula is C26H27ClN2O7S. The van der Waals surface area contributed by atoms with E-state index in [0.717, 1.165) is 9.87 Å². The Balaban J connectivity index is 1.95. The molecule has 0 radical (unpaired) electrons. The van der Waals surface area contributed by atoms with Crippen LogP contribution in [0.1, 0.15) is 22.8 Å². The molecule has 1 amide bonds. The number of carbonyl (C=O) groups is 2. The smallest absolute Gasteiger partial charge is 0.338 e. The molecule has 0 fully saturated rings. The van der Waals surface area contributed by atoms with E-state index in [1.807, 2.05) is 6.92 Å². The van der Waals surface area contributed by atoms with Crippen LogP contribution < -0.4 is 19.1 Å². The Morgan fingerprint density at radius 3 is 2.22 bits per heavy atom. The second-order valence-electron chi connectivity index (χ2n) is 7.83. The van der Waals surface area contributed by atoms with Gasteiger partial charge in [-0.2, -0.15) is 0 Å². The molecule has 0 bridgehead atoms. The van der Waals surface area contributed by atoms with E-state index in [-0.39, 0.29) is 33.5 Å². The molecule has 0 unspecified atom stereocenters. The highest BCUT2D eigenvalue weighted by atomic mass is 35.5. The molecule has 0 aliphatic rings. The summed E-state index contributed by atoms with van der Waals surface area (Å²) in [7, 11) is -1.27. The topological polar surface area (TPSA) is 111 Å². The van der Waals surface area contributed by atoms with Crippen LogP contribution in [-0.4, -0.2) is 47.7 Å². The molecule has 3 aromatic carbocycles. The highest BCUT2D eigenvalue weighted by molar-refractivity contribution is 7.92. The van der Waals surface area contributed by atoms with Crippen molar-refractivity contribution in [2.75, 3.05) is 37.0 Å². The molecule has 0 spiro atoms.